The Morgan fingerprint density at radius 2 is 0.938 bits per heavy atom. The van der Waals surface area contributed by atoms with Crippen molar-refractivity contribution in [3.8, 4) is 0 Å². The minimum atomic E-state index is -1.61. The van der Waals surface area contributed by atoms with Crippen LogP contribution in [0.4, 0.5) is 0 Å². The van der Waals surface area contributed by atoms with Gasteiger partial charge >= 0.3 is 0 Å². The Bertz CT molecular complexity index is 453. The van der Waals surface area contributed by atoms with Crippen molar-refractivity contribution in [2.75, 3.05) is 0 Å². The number of hydrogen-bond donors (Lipinski definition) is 0. The zero-order chi connectivity index (χ0) is 12.6. The van der Waals surface area contributed by atoms with Crippen LogP contribution in [0.1, 0.15) is 20.7 Å². The van der Waals surface area contributed by atoms with Gasteiger partial charge in [-0.2, -0.15) is 0 Å². The van der Waals surface area contributed by atoms with Crippen LogP contribution in [0.5, 0.6) is 0 Å². The van der Waals surface area contributed by atoms with Gasteiger partial charge in [0.25, 0.3) is 0 Å². The van der Waals surface area contributed by atoms with Gasteiger partial charge in [-0.05, 0) is 63.7 Å². The summed E-state index contributed by atoms with van der Waals surface area (Å²) >= 11 is 12.2. The zero-order valence-electron chi connectivity index (χ0n) is 7.14. The van der Waals surface area contributed by atoms with Crippen LogP contribution in [0, 0.1) is 0 Å². The van der Waals surface area contributed by atoms with E-state index in [-0.39, 0.29) is 8.95 Å². The lowest BCUT2D eigenvalue weighted by molar-refractivity contribution is -0.259. The molecule has 4 nitrogen and oxygen atoms in total. The van der Waals surface area contributed by atoms with Gasteiger partial charge in [0.2, 0.25) is 0 Å². The molecule has 0 aromatic heterocycles. The van der Waals surface area contributed by atoms with Crippen molar-refractivity contribution in [3.63, 3.8) is 0 Å². The van der Waals surface area contributed by atoms with Crippen LogP contribution in [-0.4, -0.2) is 11.9 Å². The van der Waals surface area contributed by atoms with Gasteiger partial charge in [0, 0.05) is 29.0 Å². The second-order valence-electron chi connectivity index (χ2n) is 2.58. The molecule has 0 fully saturated rings. The summed E-state index contributed by atoms with van der Waals surface area (Å²) in [5.74, 6) is -3.22. The number of halogens is 4. The van der Waals surface area contributed by atoms with E-state index in [1.165, 1.54) is 0 Å². The second kappa shape index (κ2) is 5.16. The Labute approximate surface area is 124 Å². The smallest absolute Gasteiger partial charge is 0.0734 e. The Kier molecular flexibility index (Phi) is 4.56. The molecule has 0 radical (unpaired) electrons. The summed E-state index contributed by atoms with van der Waals surface area (Å²) in [6.07, 6.45) is 0. The molecule has 0 amide bonds. The number of hydrogen-bond acceptors (Lipinski definition) is 4. The SMILES string of the molecule is O=C([O-])c1c(Br)c(Br)c(Br)c(Br)c1C(=O)[O-]. The minimum absolute atomic E-state index is 0.0711. The van der Waals surface area contributed by atoms with Crippen LogP contribution in [0.25, 0.3) is 0 Å². The number of carboxylic acids is 2. The van der Waals surface area contributed by atoms with Gasteiger partial charge in [0.1, 0.15) is 0 Å². The van der Waals surface area contributed by atoms with Gasteiger partial charge in [0.15, 0.2) is 0 Å². The molecule has 0 aliphatic carbocycles. The van der Waals surface area contributed by atoms with E-state index in [2.05, 4.69) is 63.7 Å². The fourth-order valence-electron chi connectivity index (χ4n) is 1.02. The fourth-order valence-corrected chi connectivity index (χ4v) is 3.46. The maximum atomic E-state index is 10.9. The summed E-state index contributed by atoms with van der Waals surface area (Å²) in [5, 5.41) is 21.7. The molecule has 0 bridgehead atoms. The van der Waals surface area contributed by atoms with Gasteiger partial charge in [-0.3, -0.25) is 0 Å². The molecular weight excluding hydrogens is 480 g/mol. The van der Waals surface area contributed by atoms with E-state index < -0.39 is 23.1 Å². The average molecular weight is 480 g/mol. The third-order valence-electron chi connectivity index (χ3n) is 1.68. The highest BCUT2D eigenvalue weighted by molar-refractivity contribution is 9.15. The lowest BCUT2D eigenvalue weighted by Gasteiger charge is -2.18. The molecular formula is C8Br4O4-2. The van der Waals surface area contributed by atoms with E-state index in [1.54, 1.807) is 0 Å². The maximum Gasteiger partial charge on any atom is 0.0734 e. The van der Waals surface area contributed by atoms with Crippen molar-refractivity contribution in [2.24, 2.45) is 0 Å². The zero-order valence-corrected chi connectivity index (χ0v) is 13.5. The first-order valence-electron chi connectivity index (χ1n) is 3.57. The van der Waals surface area contributed by atoms with E-state index in [4.69, 9.17) is 0 Å². The lowest BCUT2D eigenvalue weighted by Crippen LogP contribution is -2.31. The molecule has 0 unspecified atom stereocenters. The number of carbonyl (C=O) groups is 2. The molecule has 0 heterocycles. The molecule has 1 rings (SSSR count). The third-order valence-corrected chi connectivity index (χ3v) is 6.44. The first-order chi connectivity index (χ1) is 7.29. The number of carbonyl (C=O) groups excluding carboxylic acids is 2. The predicted octanol–water partition coefficient (Wildman–Crippen LogP) is 1.46. The number of benzene rings is 1. The van der Waals surface area contributed by atoms with E-state index >= 15 is 0 Å². The Morgan fingerprint density at radius 1 is 0.688 bits per heavy atom. The predicted molar refractivity (Wildman–Crippen MR) is 65.9 cm³/mol. The molecule has 16 heavy (non-hydrogen) atoms. The molecule has 8 heteroatoms. The number of rotatable bonds is 2. The monoisotopic (exact) mass is 476 g/mol. The largest absolute Gasteiger partial charge is 0.545 e. The molecule has 86 valence electrons. The topological polar surface area (TPSA) is 80.3 Å². The van der Waals surface area contributed by atoms with Gasteiger partial charge in [-0.1, -0.05) is 0 Å². The van der Waals surface area contributed by atoms with Gasteiger partial charge in [0.05, 0.1) is 11.9 Å². The highest BCUT2D eigenvalue weighted by Crippen LogP contribution is 2.41. The first kappa shape index (κ1) is 14.1. The highest BCUT2D eigenvalue weighted by atomic mass is 79.9. The van der Waals surface area contributed by atoms with Crippen LogP contribution in [0.2, 0.25) is 0 Å². The Morgan fingerprint density at radius 3 is 1.12 bits per heavy atom. The molecule has 0 aliphatic heterocycles. The fraction of sp³-hybridized carbons (Fsp3) is 0. The first-order valence-corrected chi connectivity index (χ1v) is 6.74. The van der Waals surface area contributed by atoms with Gasteiger partial charge < -0.3 is 19.8 Å². The maximum absolute atomic E-state index is 10.9. The summed E-state index contributed by atoms with van der Waals surface area (Å²) in [4.78, 5) is 21.7. The molecule has 0 N–H and O–H groups in total. The van der Waals surface area contributed by atoms with E-state index in [0.717, 1.165) is 0 Å². The van der Waals surface area contributed by atoms with E-state index in [0.29, 0.717) is 8.95 Å². The van der Waals surface area contributed by atoms with Crippen molar-refractivity contribution in [1.82, 2.24) is 0 Å². The standard InChI is InChI=1S/C8H2Br4O4/c9-3-1(7(13)14)2(8(15)16)4(10)6(12)5(3)11/h(H,13,14)(H,15,16)/p-2. The van der Waals surface area contributed by atoms with Crippen molar-refractivity contribution in [1.29, 1.82) is 0 Å². The molecule has 0 saturated heterocycles. The van der Waals surface area contributed by atoms with E-state index in [1.807, 2.05) is 0 Å². The average Bonchev–Trinajstić information content (AvgIpc) is 2.18. The van der Waals surface area contributed by atoms with Crippen LogP contribution in [0.3, 0.4) is 0 Å². The molecule has 0 atom stereocenters. The summed E-state index contributed by atoms with van der Waals surface area (Å²) in [6.45, 7) is 0. The Hall–Kier alpha value is 0.0800. The third kappa shape index (κ3) is 2.34. The van der Waals surface area contributed by atoms with Crippen molar-refractivity contribution < 1.29 is 19.8 Å². The minimum Gasteiger partial charge on any atom is -0.545 e. The number of carboxylic acid groups (broad SMARTS) is 2. The summed E-state index contributed by atoms with van der Waals surface area (Å²) < 4.78 is 0.871. The van der Waals surface area contributed by atoms with Crippen LogP contribution >= 0.6 is 63.7 Å². The van der Waals surface area contributed by atoms with Crippen molar-refractivity contribution in [2.45, 2.75) is 0 Å². The van der Waals surface area contributed by atoms with Crippen LogP contribution in [-0.2, 0) is 0 Å². The van der Waals surface area contributed by atoms with Gasteiger partial charge in [-0.25, -0.2) is 0 Å². The molecule has 1 aromatic carbocycles. The molecule has 0 spiro atoms. The van der Waals surface area contributed by atoms with Crippen LogP contribution < -0.4 is 10.2 Å². The molecule has 1 aromatic rings. The summed E-state index contributed by atoms with van der Waals surface area (Å²) in [7, 11) is 0. The van der Waals surface area contributed by atoms with Gasteiger partial charge in [-0.15, -0.1) is 0 Å². The lowest BCUT2D eigenvalue weighted by atomic mass is 10.1. The summed E-state index contributed by atoms with van der Waals surface area (Å²) in [6, 6.07) is 0. The number of aromatic carboxylic acids is 2. The highest BCUT2D eigenvalue weighted by Gasteiger charge is 2.20. The molecule has 0 aliphatic rings. The molecule has 0 saturated carbocycles. The van der Waals surface area contributed by atoms with E-state index in [9.17, 15) is 19.8 Å². The van der Waals surface area contributed by atoms with Crippen molar-refractivity contribution >= 4 is 75.7 Å². The summed E-state index contributed by atoms with van der Waals surface area (Å²) in [5.41, 5.74) is -0.969. The quantitative estimate of drug-likeness (QED) is 0.475. The van der Waals surface area contributed by atoms with Crippen molar-refractivity contribution in [3.05, 3.63) is 29.0 Å². The second-order valence-corrected chi connectivity index (χ2v) is 5.75. The normalized spacial score (nSPS) is 10.2. The Balaban J connectivity index is 3.83. The van der Waals surface area contributed by atoms with Crippen LogP contribution in [0.15, 0.2) is 17.9 Å².